The van der Waals surface area contributed by atoms with Crippen LogP contribution in [0.1, 0.15) is 112 Å². The zero-order chi connectivity index (χ0) is 41.5. The first-order valence-corrected chi connectivity index (χ1v) is 21.2. The third-order valence-electron chi connectivity index (χ3n) is 12.8. The number of esters is 1. The molecule has 4 aliphatic rings. The second kappa shape index (κ2) is 20.7. The summed E-state index contributed by atoms with van der Waals surface area (Å²) in [5.41, 5.74) is 1.71. The maximum absolute atomic E-state index is 14.3. The SMILES string of the molecule is CC[C@H]1/C=C(/C)C[C@H](C)C[C@H](OC)[C@H]2O[C@@](O)(C(=O)C(=O)N3CCCC[C@H]3C(=O)O[C@H](/C(C)=C/[C@@H]3CC[C@H](Cl)[C@H](OC)C3)[C@@H](C)[C@H](O)CC1=O)[C@H](C)C[C@@H]2OC. The van der Waals surface area contributed by atoms with E-state index >= 15 is 0 Å². The van der Waals surface area contributed by atoms with Crippen molar-refractivity contribution >= 4 is 35.0 Å². The van der Waals surface area contributed by atoms with Crippen LogP contribution in [0.2, 0.25) is 0 Å². The van der Waals surface area contributed by atoms with E-state index in [1.165, 1.54) is 19.1 Å². The number of nitrogens with zero attached hydrogens (tertiary/aromatic N) is 1. The van der Waals surface area contributed by atoms with Gasteiger partial charge in [0.25, 0.3) is 11.7 Å². The van der Waals surface area contributed by atoms with E-state index in [1.54, 1.807) is 21.0 Å². The molecule has 2 bridgehead atoms. The Labute approximate surface area is 339 Å². The van der Waals surface area contributed by atoms with E-state index in [0.29, 0.717) is 44.1 Å². The van der Waals surface area contributed by atoms with Crippen LogP contribution in [0.4, 0.5) is 0 Å². The third kappa shape index (κ3) is 10.9. The van der Waals surface area contributed by atoms with Gasteiger partial charge in [-0.05, 0) is 95.5 Å². The molecule has 1 saturated carbocycles. The molecule has 0 aromatic heterocycles. The number of hydrogen-bond donors (Lipinski definition) is 2. The lowest BCUT2D eigenvalue weighted by Crippen LogP contribution is -2.64. The number of methoxy groups -OCH3 is 3. The number of cyclic esters (lactones) is 1. The fraction of sp³-hybridized carbons (Fsp3) is 0.814. The van der Waals surface area contributed by atoms with Crippen LogP contribution in [0.5, 0.6) is 0 Å². The number of ketones is 2. The maximum Gasteiger partial charge on any atom is 0.329 e. The summed E-state index contributed by atoms with van der Waals surface area (Å²) in [7, 11) is 4.71. The predicted octanol–water partition coefficient (Wildman–Crippen LogP) is 5.72. The number of allylic oxidation sites excluding steroid dienone is 3. The Balaban J connectivity index is 1.76. The molecule has 0 spiro atoms. The highest BCUT2D eigenvalue weighted by Crippen LogP contribution is 2.39. The molecule has 2 N–H and O–H groups in total. The van der Waals surface area contributed by atoms with Crippen molar-refractivity contribution in [2.24, 2.45) is 29.6 Å². The van der Waals surface area contributed by atoms with Gasteiger partial charge >= 0.3 is 5.97 Å². The summed E-state index contributed by atoms with van der Waals surface area (Å²) in [6.45, 7) is 11.3. The normalized spacial score (nSPS) is 41.6. The van der Waals surface area contributed by atoms with Crippen LogP contribution in [0.15, 0.2) is 23.3 Å². The first-order chi connectivity index (χ1) is 26.5. The van der Waals surface area contributed by atoms with Crippen LogP contribution >= 0.6 is 11.6 Å². The molecule has 3 heterocycles. The second-order valence-corrected chi connectivity index (χ2v) is 17.7. The van der Waals surface area contributed by atoms with Crippen LogP contribution in [0.25, 0.3) is 0 Å². The lowest BCUT2D eigenvalue weighted by atomic mass is 9.82. The van der Waals surface area contributed by atoms with Gasteiger partial charge < -0.3 is 38.8 Å². The second-order valence-electron chi connectivity index (χ2n) is 17.1. The molecular formula is C43H68ClNO11. The minimum absolute atomic E-state index is 0.0425. The Kier molecular flexibility index (Phi) is 17.2. The number of hydrogen-bond acceptors (Lipinski definition) is 11. The molecule has 2 saturated heterocycles. The van der Waals surface area contributed by atoms with Crippen molar-refractivity contribution in [2.45, 2.75) is 166 Å². The summed E-state index contributed by atoms with van der Waals surface area (Å²) in [6, 6.07) is -1.12. The molecule has 0 aromatic rings. The molecule has 3 aliphatic heterocycles. The Morgan fingerprint density at radius 2 is 1.62 bits per heavy atom. The van der Waals surface area contributed by atoms with E-state index in [-0.39, 0.29) is 54.9 Å². The number of alkyl halides is 1. The molecule has 56 heavy (non-hydrogen) atoms. The molecule has 0 radical (unpaired) electrons. The summed E-state index contributed by atoms with van der Waals surface area (Å²) in [5.74, 6) is -7.31. The lowest BCUT2D eigenvalue weighted by molar-refractivity contribution is -0.302. The smallest absolute Gasteiger partial charge is 0.329 e. The highest BCUT2D eigenvalue weighted by atomic mass is 35.5. The average molecular weight is 810 g/mol. The zero-order valence-corrected chi connectivity index (χ0v) is 35.8. The maximum atomic E-state index is 14.3. The van der Waals surface area contributed by atoms with Crippen LogP contribution < -0.4 is 0 Å². The van der Waals surface area contributed by atoms with Crippen LogP contribution in [0, 0.1) is 29.6 Å². The number of ether oxygens (including phenoxy) is 5. The van der Waals surface area contributed by atoms with Gasteiger partial charge in [-0.1, -0.05) is 45.4 Å². The molecule has 1 aliphatic carbocycles. The molecular weight excluding hydrogens is 742 g/mol. The van der Waals surface area contributed by atoms with Gasteiger partial charge in [-0.2, -0.15) is 0 Å². The van der Waals surface area contributed by atoms with Crippen molar-refractivity contribution in [1.82, 2.24) is 4.90 Å². The fourth-order valence-electron chi connectivity index (χ4n) is 9.36. The number of rotatable bonds is 6. The Hall–Kier alpha value is -2.19. The molecule has 0 unspecified atom stereocenters. The largest absolute Gasteiger partial charge is 0.456 e. The zero-order valence-electron chi connectivity index (χ0n) is 35.0. The number of piperidine rings is 1. The summed E-state index contributed by atoms with van der Waals surface area (Å²) in [6.07, 6.45) is 5.16. The Morgan fingerprint density at radius 1 is 0.964 bits per heavy atom. The first kappa shape index (κ1) is 46.5. The topological polar surface area (TPSA) is 158 Å². The van der Waals surface area contributed by atoms with Crippen LogP contribution in [-0.2, 0) is 42.9 Å². The van der Waals surface area contributed by atoms with E-state index in [9.17, 15) is 29.4 Å². The van der Waals surface area contributed by atoms with E-state index in [4.69, 9.17) is 35.3 Å². The van der Waals surface area contributed by atoms with Crippen molar-refractivity contribution in [2.75, 3.05) is 27.9 Å². The molecule has 14 atom stereocenters. The number of aliphatic hydroxyl groups excluding tert-OH is 1. The van der Waals surface area contributed by atoms with E-state index in [2.05, 4.69) is 6.92 Å². The summed E-state index contributed by atoms with van der Waals surface area (Å²) in [5, 5.41) is 23.6. The number of carbonyl (C=O) groups excluding carboxylic acids is 4. The van der Waals surface area contributed by atoms with Crippen molar-refractivity contribution in [3.05, 3.63) is 23.3 Å². The Morgan fingerprint density at radius 3 is 2.27 bits per heavy atom. The van der Waals surface area contributed by atoms with Gasteiger partial charge in [-0.25, -0.2) is 4.79 Å². The molecule has 3 fully saturated rings. The number of aliphatic hydroxyl groups is 2. The van der Waals surface area contributed by atoms with Gasteiger partial charge in [0.1, 0.15) is 24.0 Å². The van der Waals surface area contributed by atoms with E-state index < -0.39 is 77.8 Å². The quantitative estimate of drug-likeness (QED) is 0.146. The van der Waals surface area contributed by atoms with Gasteiger partial charge in [-0.3, -0.25) is 14.4 Å². The lowest BCUT2D eigenvalue weighted by Gasteiger charge is -2.47. The highest BCUT2D eigenvalue weighted by molar-refractivity contribution is 6.39. The van der Waals surface area contributed by atoms with Gasteiger partial charge in [0.15, 0.2) is 0 Å². The number of amides is 1. The molecule has 0 aromatic carbocycles. The predicted molar refractivity (Wildman–Crippen MR) is 212 cm³/mol. The number of carbonyl (C=O) groups is 4. The molecule has 318 valence electrons. The molecule has 4 rings (SSSR count). The van der Waals surface area contributed by atoms with Crippen LogP contribution in [-0.4, -0.2) is 120 Å². The molecule has 12 nitrogen and oxygen atoms in total. The summed E-state index contributed by atoms with van der Waals surface area (Å²) >= 11 is 6.52. The Bertz CT molecular complexity index is 1440. The van der Waals surface area contributed by atoms with E-state index in [0.717, 1.165) is 18.4 Å². The third-order valence-corrected chi connectivity index (χ3v) is 13.3. The van der Waals surface area contributed by atoms with Crippen LogP contribution in [0.3, 0.4) is 0 Å². The van der Waals surface area contributed by atoms with Crippen molar-refractivity contribution in [3.63, 3.8) is 0 Å². The van der Waals surface area contributed by atoms with E-state index in [1.807, 2.05) is 32.9 Å². The minimum Gasteiger partial charge on any atom is -0.456 e. The van der Waals surface area contributed by atoms with Gasteiger partial charge in [0, 0.05) is 52.0 Å². The first-order valence-electron chi connectivity index (χ1n) is 20.7. The summed E-state index contributed by atoms with van der Waals surface area (Å²) < 4.78 is 29.9. The van der Waals surface area contributed by atoms with Gasteiger partial charge in [0.2, 0.25) is 5.79 Å². The number of halogens is 1. The van der Waals surface area contributed by atoms with Crippen molar-refractivity contribution < 1.29 is 53.1 Å². The van der Waals surface area contributed by atoms with Crippen molar-refractivity contribution in [1.29, 1.82) is 0 Å². The average Bonchev–Trinajstić information content (AvgIpc) is 3.18. The monoisotopic (exact) mass is 809 g/mol. The highest BCUT2D eigenvalue weighted by Gasteiger charge is 2.56. The fourth-order valence-corrected chi connectivity index (χ4v) is 9.69. The number of fused-ring (bicyclic) bond motifs is 3. The molecule has 1 amide bonds. The van der Waals surface area contributed by atoms with Crippen molar-refractivity contribution in [3.8, 4) is 0 Å². The minimum atomic E-state index is -2.49. The molecule has 13 heteroatoms. The van der Waals surface area contributed by atoms with Gasteiger partial charge in [-0.15, -0.1) is 11.6 Å². The standard InChI is InChI=1S/C43H68ClNO11/c1-10-30-18-24(2)17-25(3)19-36(53-8)39-37(54-9)21-27(5)43(51,56-39)40(48)41(49)45-16-12-11-13-32(45)42(50)55-38(28(6)33(46)23-34(30)47)26(4)20-29-14-15-31(44)35(22-29)52-7/h18,20,25,27-33,35-39,46,51H,10-17,19,21-23H2,1-9H3/b24-18-,26-20+/t25-,27+,28-,29-,30-,31-,32-,33+,35+,36-,37-,38+,39+,43+/m0/s1. The van der Waals surface area contributed by atoms with Gasteiger partial charge in [0.05, 0.1) is 29.8 Å². The summed E-state index contributed by atoms with van der Waals surface area (Å²) in [4.78, 5) is 57.7. The number of Topliss-reactive ketones (excluding diaryl/α,β-unsaturated/α-hetero) is 2.